The molecular formula is C42H45BN2O. The van der Waals surface area contributed by atoms with E-state index in [4.69, 9.17) is 4.74 Å². The SMILES string of the molecule is CC(C)(C)C1CC2B3c4c(cccc4N(c4ccc(-c5ccccc5)cc4)C2O1)N(c1ccc2c(c1)CC2)C1CC2CCC2CC31. The lowest BCUT2D eigenvalue weighted by atomic mass is 9.24. The number of anilines is 4. The minimum absolute atomic E-state index is 0.0577. The molecule has 0 spiro atoms. The van der Waals surface area contributed by atoms with Crippen LogP contribution in [0.5, 0.6) is 0 Å². The third-order valence-electron chi connectivity index (χ3n) is 13.1. The van der Waals surface area contributed by atoms with Crippen molar-refractivity contribution in [3.8, 4) is 11.1 Å². The normalized spacial score (nSPS) is 30.3. The van der Waals surface area contributed by atoms with Crippen LogP contribution in [-0.2, 0) is 17.6 Å². The topological polar surface area (TPSA) is 15.7 Å². The Kier molecular flexibility index (Phi) is 6.00. The quantitative estimate of drug-likeness (QED) is 0.217. The van der Waals surface area contributed by atoms with Crippen molar-refractivity contribution in [3.63, 3.8) is 0 Å². The fraction of sp³-hybridized carbons (Fsp3) is 0.429. The maximum absolute atomic E-state index is 7.27. The van der Waals surface area contributed by atoms with Gasteiger partial charge in [-0.25, -0.2) is 0 Å². The van der Waals surface area contributed by atoms with Gasteiger partial charge in [-0.15, -0.1) is 0 Å². The second-order valence-corrected chi connectivity index (χ2v) is 16.4. The first kappa shape index (κ1) is 27.6. The maximum atomic E-state index is 7.27. The van der Waals surface area contributed by atoms with Gasteiger partial charge in [0.25, 0.3) is 0 Å². The first-order chi connectivity index (χ1) is 22.4. The minimum Gasteiger partial charge on any atom is -0.355 e. The lowest BCUT2D eigenvalue weighted by Gasteiger charge is -2.59. The molecule has 3 nitrogen and oxygen atoms in total. The van der Waals surface area contributed by atoms with Gasteiger partial charge in [-0.2, -0.15) is 0 Å². The second kappa shape index (κ2) is 10.0. The fourth-order valence-corrected chi connectivity index (χ4v) is 10.5. The third kappa shape index (κ3) is 4.01. The Morgan fingerprint density at radius 1 is 0.652 bits per heavy atom. The highest BCUT2D eigenvalue weighted by atomic mass is 16.5. The number of nitrogens with zero attached hydrogens (tertiary/aromatic N) is 2. The van der Waals surface area contributed by atoms with Gasteiger partial charge in [-0.1, -0.05) is 81.8 Å². The van der Waals surface area contributed by atoms with E-state index in [0.29, 0.717) is 24.4 Å². The fourth-order valence-electron chi connectivity index (χ4n) is 10.5. The van der Waals surface area contributed by atoms with E-state index in [0.717, 1.165) is 18.3 Å². The number of fused-ring (bicyclic) bond motifs is 6. The van der Waals surface area contributed by atoms with Gasteiger partial charge in [0.1, 0.15) is 6.23 Å². The van der Waals surface area contributed by atoms with Gasteiger partial charge in [-0.05, 0) is 132 Å². The minimum atomic E-state index is 0.0577. The van der Waals surface area contributed by atoms with Crippen molar-refractivity contribution in [3.05, 3.63) is 102 Å². The molecule has 0 N–H and O–H groups in total. The van der Waals surface area contributed by atoms with Crippen LogP contribution in [0, 0.1) is 17.3 Å². The molecule has 3 fully saturated rings. The molecule has 0 bridgehead atoms. The molecule has 2 saturated carbocycles. The van der Waals surface area contributed by atoms with Crippen molar-refractivity contribution in [1.29, 1.82) is 0 Å². The molecule has 0 amide bonds. The van der Waals surface area contributed by atoms with Gasteiger partial charge in [0.15, 0.2) is 6.71 Å². The van der Waals surface area contributed by atoms with E-state index in [1.807, 2.05) is 0 Å². The summed E-state index contributed by atoms with van der Waals surface area (Å²) in [4.78, 5) is 5.44. The molecule has 10 rings (SSSR count). The largest absolute Gasteiger partial charge is 0.355 e. The lowest BCUT2D eigenvalue weighted by Crippen LogP contribution is -2.64. The predicted molar refractivity (Wildman–Crippen MR) is 191 cm³/mol. The zero-order valence-corrected chi connectivity index (χ0v) is 27.5. The highest BCUT2D eigenvalue weighted by Crippen LogP contribution is 2.60. The number of ether oxygens (including phenoxy) is 1. The molecule has 6 aliphatic rings. The van der Waals surface area contributed by atoms with Gasteiger partial charge < -0.3 is 14.5 Å². The first-order valence-corrected chi connectivity index (χ1v) is 18.1. The Hall–Kier alpha value is -3.50. The van der Waals surface area contributed by atoms with Crippen LogP contribution in [0.4, 0.5) is 22.7 Å². The summed E-state index contributed by atoms with van der Waals surface area (Å²) in [6, 6.07) is 35.2. The maximum Gasteiger partial charge on any atom is 0.194 e. The van der Waals surface area contributed by atoms with E-state index in [-0.39, 0.29) is 17.7 Å². The van der Waals surface area contributed by atoms with Gasteiger partial charge in [0.2, 0.25) is 0 Å². The standard InChI is InChI=1S/C42H45BN2O/c1-42(2,3)39-25-35-41(46-39)45(32-19-16-27(17-20-32)26-8-5-4-6-9-26)37-11-7-10-36-40(37)43(35)34-23-30-14-15-31(30)24-38(34)44(36)33-21-18-28-12-13-29(28)22-33/h4-11,16-22,30-31,34-35,38-39,41H,12-15,23-25H2,1-3H3. The molecule has 232 valence electrons. The van der Waals surface area contributed by atoms with Crippen LogP contribution in [0.1, 0.15) is 64.0 Å². The monoisotopic (exact) mass is 604 g/mol. The first-order valence-electron chi connectivity index (χ1n) is 18.1. The van der Waals surface area contributed by atoms with E-state index >= 15 is 0 Å². The van der Waals surface area contributed by atoms with Crippen LogP contribution in [0.25, 0.3) is 11.1 Å². The lowest BCUT2D eigenvalue weighted by molar-refractivity contribution is -0.0130. The number of aryl methyl sites for hydroxylation is 2. The summed E-state index contributed by atoms with van der Waals surface area (Å²) < 4.78 is 7.27. The Morgan fingerprint density at radius 2 is 1.35 bits per heavy atom. The summed E-state index contributed by atoms with van der Waals surface area (Å²) in [7, 11) is 0. The van der Waals surface area contributed by atoms with Crippen LogP contribution < -0.4 is 15.3 Å². The Balaban J connectivity index is 1.15. The number of hydrogen-bond acceptors (Lipinski definition) is 3. The van der Waals surface area contributed by atoms with E-state index in [2.05, 4.69) is 122 Å². The van der Waals surface area contributed by atoms with E-state index < -0.39 is 0 Å². The highest BCUT2D eigenvalue weighted by molar-refractivity contribution is 6.80. The Labute approximate surface area is 275 Å². The molecule has 4 heteroatoms. The molecule has 46 heavy (non-hydrogen) atoms. The third-order valence-corrected chi connectivity index (χ3v) is 13.1. The van der Waals surface area contributed by atoms with Gasteiger partial charge in [0.05, 0.1) is 6.10 Å². The molecule has 4 aromatic rings. The zero-order valence-electron chi connectivity index (χ0n) is 27.5. The highest BCUT2D eigenvalue weighted by Gasteiger charge is 2.60. The summed E-state index contributed by atoms with van der Waals surface area (Å²) in [5.41, 5.74) is 12.8. The van der Waals surface area contributed by atoms with Crippen molar-refractivity contribution in [2.45, 2.75) is 95.7 Å². The molecule has 1 saturated heterocycles. The Morgan fingerprint density at radius 3 is 2.04 bits per heavy atom. The van der Waals surface area contributed by atoms with Crippen molar-refractivity contribution < 1.29 is 4.74 Å². The summed E-state index contributed by atoms with van der Waals surface area (Å²) >= 11 is 0. The second-order valence-electron chi connectivity index (χ2n) is 16.4. The average Bonchev–Trinajstić information content (AvgIpc) is 3.49. The molecule has 3 aliphatic heterocycles. The molecule has 0 aromatic heterocycles. The summed E-state index contributed by atoms with van der Waals surface area (Å²) in [6.07, 6.45) is 9.50. The Bertz CT molecular complexity index is 1810. The van der Waals surface area contributed by atoms with Crippen molar-refractivity contribution in [2.75, 3.05) is 9.80 Å². The van der Waals surface area contributed by atoms with Crippen molar-refractivity contribution >= 4 is 34.9 Å². The molecule has 0 radical (unpaired) electrons. The van der Waals surface area contributed by atoms with Crippen molar-refractivity contribution in [1.82, 2.24) is 0 Å². The molecular weight excluding hydrogens is 559 g/mol. The average molecular weight is 605 g/mol. The van der Waals surface area contributed by atoms with Crippen LogP contribution >= 0.6 is 0 Å². The summed E-state index contributed by atoms with van der Waals surface area (Å²) in [5.74, 6) is 2.96. The molecule has 7 atom stereocenters. The van der Waals surface area contributed by atoms with E-state index in [9.17, 15) is 0 Å². The van der Waals surface area contributed by atoms with E-state index in [1.54, 1.807) is 16.6 Å². The van der Waals surface area contributed by atoms with Crippen LogP contribution in [-0.4, -0.2) is 25.1 Å². The number of rotatable bonds is 3. The van der Waals surface area contributed by atoms with Crippen LogP contribution in [0.2, 0.25) is 11.6 Å². The van der Waals surface area contributed by atoms with E-state index in [1.165, 1.54) is 72.4 Å². The predicted octanol–water partition coefficient (Wildman–Crippen LogP) is 9.55. The molecule has 4 aromatic carbocycles. The zero-order chi connectivity index (χ0) is 30.7. The summed E-state index contributed by atoms with van der Waals surface area (Å²) in [5, 5.41) is 0. The molecule has 7 unspecified atom stereocenters. The van der Waals surface area contributed by atoms with Gasteiger partial charge >= 0.3 is 0 Å². The van der Waals surface area contributed by atoms with Crippen LogP contribution in [0.3, 0.4) is 0 Å². The molecule has 3 heterocycles. The van der Waals surface area contributed by atoms with Gasteiger partial charge in [0, 0.05) is 28.8 Å². The number of benzene rings is 4. The van der Waals surface area contributed by atoms with Gasteiger partial charge in [-0.3, -0.25) is 0 Å². The van der Waals surface area contributed by atoms with Crippen molar-refractivity contribution in [2.24, 2.45) is 17.3 Å². The molecule has 3 aliphatic carbocycles. The van der Waals surface area contributed by atoms with Crippen LogP contribution in [0.15, 0.2) is 91.0 Å². The number of hydrogen-bond donors (Lipinski definition) is 0. The smallest absolute Gasteiger partial charge is 0.194 e. The summed E-state index contributed by atoms with van der Waals surface area (Å²) in [6.45, 7) is 7.67.